The molecule has 2 heterocycles. The first kappa shape index (κ1) is 23.6. The van der Waals surface area contributed by atoms with Gasteiger partial charge in [-0.05, 0) is 38.0 Å². The average molecular weight is 434 g/mol. The Kier molecular flexibility index (Phi) is 9.24. The minimum absolute atomic E-state index is 0.393. The summed E-state index contributed by atoms with van der Waals surface area (Å²) in [6, 6.07) is 6.89. The number of hydrogen-bond acceptors (Lipinski definition) is 6. The molecule has 3 rings (SSSR count). The van der Waals surface area contributed by atoms with Gasteiger partial charge >= 0.3 is 0 Å². The van der Waals surface area contributed by atoms with Gasteiger partial charge in [0.1, 0.15) is 11.5 Å². The van der Waals surface area contributed by atoms with Crippen LogP contribution >= 0.6 is 0 Å². The summed E-state index contributed by atoms with van der Waals surface area (Å²) in [6.45, 7) is 12.6. The van der Waals surface area contributed by atoms with Crippen molar-refractivity contribution in [2.24, 2.45) is 4.99 Å². The lowest BCUT2D eigenvalue weighted by Crippen LogP contribution is -2.46. The van der Waals surface area contributed by atoms with Gasteiger partial charge in [-0.1, -0.05) is 0 Å². The van der Waals surface area contributed by atoms with Crippen LogP contribution in [0.2, 0.25) is 0 Å². The third-order valence-corrected chi connectivity index (χ3v) is 5.96. The third-order valence-electron chi connectivity index (χ3n) is 5.96. The number of rotatable bonds is 9. The lowest BCUT2D eigenvalue weighted by atomic mass is 10.2. The number of nitrogens with zero attached hydrogens (tertiary/aromatic N) is 3. The fourth-order valence-corrected chi connectivity index (χ4v) is 4.18. The summed E-state index contributed by atoms with van der Waals surface area (Å²) in [4.78, 5) is 9.79. The van der Waals surface area contributed by atoms with Gasteiger partial charge in [-0.3, -0.25) is 14.8 Å². The van der Waals surface area contributed by atoms with E-state index >= 15 is 0 Å². The summed E-state index contributed by atoms with van der Waals surface area (Å²) in [5.41, 5.74) is 1.21. The smallest absolute Gasteiger partial charge is 0.191 e. The Morgan fingerprint density at radius 1 is 1.16 bits per heavy atom. The van der Waals surface area contributed by atoms with Gasteiger partial charge in [-0.25, -0.2) is 0 Å². The van der Waals surface area contributed by atoms with Crippen molar-refractivity contribution in [3.05, 3.63) is 23.8 Å². The molecule has 0 saturated carbocycles. The number of morpholine rings is 1. The molecule has 1 aromatic rings. The van der Waals surface area contributed by atoms with E-state index in [0.717, 1.165) is 82.9 Å². The van der Waals surface area contributed by atoms with Crippen LogP contribution in [0.15, 0.2) is 23.2 Å². The third kappa shape index (κ3) is 7.26. The Bertz CT molecular complexity index is 686. The Labute approximate surface area is 186 Å². The molecule has 0 spiro atoms. The highest BCUT2D eigenvalue weighted by atomic mass is 16.5. The molecule has 0 aliphatic carbocycles. The molecule has 2 atom stereocenters. The molecule has 0 radical (unpaired) electrons. The second-order valence-corrected chi connectivity index (χ2v) is 8.30. The standard InChI is InChI=1S/C23H39N5O3/c1-5-24-23(25-15-18(2)28-8-10-31-11-9-28)26-20-6-7-27(17-20)16-19-12-21(29-3)14-22(13-19)30-4/h12-14,18,20H,5-11,15-17H2,1-4H3,(H2,24,25,26). The van der Waals surface area contributed by atoms with Crippen LogP contribution < -0.4 is 20.1 Å². The van der Waals surface area contributed by atoms with E-state index in [-0.39, 0.29) is 0 Å². The van der Waals surface area contributed by atoms with Gasteiger partial charge in [0.25, 0.3) is 0 Å². The van der Waals surface area contributed by atoms with E-state index in [1.54, 1.807) is 14.2 Å². The maximum atomic E-state index is 5.46. The monoisotopic (exact) mass is 433 g/mol. The van der Waals surface area contributed by atoms with Gasteiger partial charge in [0.15, 0.2) is 5.96 Å². The first-order valence-electron chi connectivity index (χ1n) is 11.4. The summed E-state index contributed by atoms with van der Waals surface area (Å²) < 4.78 is 16.3. The Morgan fingerprint density at radius 2 is 1.87 bits per heavy atom. The summed E-state index contributed by atoms with van der Waals surface area (Å²) in [6.07, 6.45) is 1.10. The fourth-order valence-electron chi connectivity index (χ4n) is 4.18. The van der Waals surface area contributed by atoms with Gasteiger partial charge in [-0.15, -0.1) is 0 Å². The number of likely N-dealkylation sites (tertiary alicyclic amines) is 1. The largest absolute Gasteiger partial charge is 0.497 e. The summed E-state index contributed by atoms with van der Waals surface area (Å²) >= 11 is 0. The highest BCUT2D eigenvalue weighted by molar-refractivity contribution is 5.80. The van der Waals surface area contributed by atoms with E-state index in [0.29, 0.717) is 12.1 Å². The second-order valence-electron chi connectivity index (χ2n) is 8.30. The van der Waals surface area contributed by atoms with Crippen molar-refractivity contribution in [2.45, 2.75) is 38.9 Å². The van der Waals surface area contributed by atoms with E-state index in [9.17, 15) is 0 Å². The molecule has 174 valence electrons. The maximum absolute atomic E-state index is 5.46. The molecule has 8 nitrogen and oxygen atoms in total. The van der Waals surface area contributed by atoms with Gasteiger partial charge < -0.3 is 24.8 Å². The van der Waals surface area contributed by atoms with Crippen LogP contribution in [0.1, 0.15) is 25.8 Å². The molecule has 2 saturated heterocycles. The van der Waals surface area contributed by atoms with Crippen LogP contribution in [0.25, 0.3) is 0 Å². The summed E-state index contributed by atoms with van der Waals surface area (Å²) in [5.74, 6) is 2.58. The highest BCUT2D eigenvalue weighted by Gasteiger charge is 2.24. The van der Waals surface area contributed by atoms with Crippen molar-refractivity contribution in [2.75, 3.05) is 66.7 Å². The number of nitrogens with one attached hydrogen (secondary N) is 2. The maximum Gasteiger partial charge on any atom is 0.191 e. The van der Waals surface area contributed by atoms with Crippen molar-refractivity contribution in [1.82, 2.24) is 20.4 Å². The van der Waals surface area contributed by atoms with Crippen molar-refractivity contribution < 1.29 is 14.2 Å². The molecule has 0 aromatic heterocycles. The van der Waals surface area contributed by atoms with Gasteiger partial charge in [0, 0.05) is 57.4 Å². The number of guanidine groups is 1. The van der Waals surface area contributed by atoms with Crippen LogP contribution in [0.5, 0.6) is 11.5 Å². The molecule has 31 heavy (non-hydrogen) atoms. The molecule has 2 fully saturated rings. The quantitative estimate of drug-likeness (QED) is 0.452. The lowest BCUT2D eigenvalue weighted by Gasteiger charge is -2.31. The number of benzene rings is 1. The number of hydrogen-bond donors (Lipinski definition) is 2. The summed E-state index contributed by atoms with van der Waals surface area (Å²) in [7, 11) is 3.38. The van der Waals surface area contributed by atoms with Crippen LogP contribution in [-0.2, 0) is 11.3 Å². The predicted octanol–water partition coefficient (Wildman–Crippen LogP) is 1.55. The average Bonchev–Trinajstić information content (AvgIpc) is 3.24. The lowest BCUT2D eigenvalue weighted by molar-refractivity contribution is 0.0220. The minimum Gasteiger partial charge on any atom is -0.497 e. The molecular formula is C23H39N5O3. The van der Waals surface area contributed by atoms with Crippen LogP contribution in [0.4, 0.5) is 0 Å². The van der Waals surface area contributed by atoms with Gasteiger partial charge in [0.2, 0.25) is 0 Å². The molecule has 0 amide bonds. The van der Waals surface area contributed by atoms with Crippen molar-refractivity contribution in [3.63, 3.8) is 0 Å². The molecule has 1 aromatic carbocycles. The SMILES string of the molecule is CCNC(=NCC(C)N1CCOCC1)NC1CCN(Cc2cc(OC)cc(OC)c2)C1. The zero-order valence-electron chi connectivity index (χ0n) is 19.5. The zero-order chi connectivity index (χ0) is 22.1. The molecule has 2 N–H and O–H groups in total. The van der Waals surface area contributed by atoms with Gasteiger partial charge in [-0.2, -0.15) is 0 Å². The van der Waals surface area contributed by atoms with E-state index < -0.39 is 0 Å². The minimum atomic E-state index is 0.393. The van der Waals surface area contributed by atoms with E-state index in [1.807, 2.05) is 6.07 Å². The first-order valence-corrected chi connectivity index (χ1v) is 11.4. The molecular weight excluding hydrogens is 394 g/mol. The highest BCUT2D eigenvalue weighted by Crippen LogP contribution is 2.24. The van der Waals surface area contributed by atoms with E-state index in [1.165, 1.54) is 5.56 Å². The predicted molar refractivity (Wildman–Crippen MR) is 124 cm³/mol. The van der Waals surface area contributed by atoms with E-state index in [4.69, 9.17) is 19.2 Å². The Hall–Kier alpha value is -2.03. The number of methoxy groups -OCH3 is 2. The summed E-state index contributed by atoms with van der Waals surface area (Å²) in [5, 5.41) is 7.05. The number of aliphatic imine (C=N–C) groups is 1. The molecule has 2 aliphatic rings. The van der Waals surface area contributed by atoms with Crippen molar-refractivity contribution in [3.8, 4) is 11.5 Å². The fraction of sp³-hybridized carbons (Fsp3) is 0.696. The van der Waals surface area contributed by atoms with Crippen molar-refractivity contribution in [1.29, 1.82) is 0 Å². The Balaban J connectivity index is 1.52. The topological polar surface area (TPSA) is 70.6 Å². The second kappa shape index (κ2) is 12.1. The van der Waals surface area contributed by atoms with Crippen LogP contribution in [0, 0.1) is 0 Å². The molecule has 0 bridgehead atoms. The Morgan fingerprint density at radius 3 is 2.52 bits per heavy atom. The van der Waals surface area contributed by atoms with Crippen molar-refractivity contribution >= 4 is 5.96 Å². The molecule has 2 unspecified atom stereocenters. The van der Waals surface area contributed by atoms with Gasteiger partial charge in [0.05, 0.1) is 34.0 Å². The number of ether oxygens (including phenoxy) is 3. The zero-order valence-corrected chi connectivity index (χ0v) is 19.5. The normalized spacial score (nSPS) is 21.7. The first-order chi connectivity index (χ1) is 15.1. The van der Waals surface area contributed by atoms with Crippen LogP contribution in [-0.4, -0.2) is 94.5 Å². The van der Waals surface area contributed by atoms with Crippen LogP contribution in [0.3, 0.4) is 0 Å². The van der Waals surface area contributed by atoms with E-state index in [2.05, 4.69) is 46.4 Å². The molecule has 2 aliphatic heterocycles. The molecule has 8 heteroatoms.